The molecule has 144 valence electrons. The predicted octanol–water partition coefficient (Wildman–Crippen LogP) is 3.55. The molecule has 0 unspecified atom stereocenters. The summed E-state index contributed by atoms with van der Waals surface area (Å²) in [5.41, 5.74) is 3.84. The summed E-state index contributed by atoms with van der Waals surface area (Å²) < 4.78 is 12.6. The minimum Gasteiger partial charge on any atom is -0.382 e. The molecule has 28 heavy (non-hydrogen) atoms. The lowest BCUT2D eigenvalue weighted by molar-refractivity contribution is 0.0594. The van der Waals surface area contributed by atoms with Gasteiger partial charge in [-0.05, 0) is 23.8 Å². The quantitative estimate of drug-likeness (QED) is 0.509. The second-order valence-corrected chi connectivity index (χ2v) is 7.02. The molecule has 1 aliphatic rings. The van der Waals surface area contributed by atoms with Crippen LogP contribution in [0.4, 0.5) is 0 Å². The number of amides is 2. The van der Waals surface area contributed by atoms with Crippen LogP contribution in [-0.4, -0.2) is 36.7 Å². The van der Waals surface area contributed by atoms with Crippen molar-refractivity contribution in [3.05, 3.63) is 58.2 Å². The van der Waals surface area contributed by atoms with Crippen molar-refractivity contribution in [1.29, 1.82) is 0 Å². The van der Waals surface area contributed by atoms with E-state index >= 15 is 0 Å². The summed E-state index contributed by atoms with van der Waals surface area (Å²) in [4.78, 5) is 25.1. The van der Waals surface area contributed by atoms with Gasteiger partial charge in [0, 0.05) is 41.3 Å². The number of imide groups is 1. The summed E-state index contributed by atoms with van der Waals surface area (Å²) in [6, 6.07) is 11.1. The molecular formula is C21H19ClN2O4. The Morgan fingerprint density at radius 2 is 1.79 bits per heavy atom. The van der Waals surface area contributed by atoms with E-state index < -0.39 is 11.8 Å². The van der Waals surface area contributed by atoms with Gasteiger partial charge < -0.3 is 14.0 Å². The Hall–Kier alpha value is -2.67. The van der Waals surface area contributed by atoms with Gasteiger partial charge >= 0.3 is 0 Å². The zero-order valence-electron chi connectivity index (χ0n) is 15.5. The average molecular weight is 399 g/mol. The molecular weight excluding hydrogens is 380 g/mol. The molecule has 3 aromatic rings. The predicted molar refractivity (Wildman–Crippen MR) is 107 cm³/mol. The van der Waals surface area contributed by atoms with Crippen LogP contribution in [0.1, 0.15) is 26.4 Å². The minimum atomic E-state index is -0.404. The Balaban J connectivity index is 1.91. The molecule has 2 aromatic carbocycles. The van der Waals surface area contributed by atoms with Gasteiger partial charge in [0.2, 0.25) is 0 Å². The second-order valence-electron chi connectivity index (χ2n) is 6.61. The summed E-state index contributed by atoms with van der Waals surface area (Å²) in [6.45, 7) is 1.35. The number of aryl methyl sites for hydroxylation is 1. The number of rotatable bonds is 6. The fourth-order valence-electron chi connectivity index (χ4n) is 3.58. The van der Waals surface area contributed by atoms with Crippen molar-refractivity contribution in [3.8, 4) is 11.1 Å². The molecule has 0 fully saturated rings. The van der Waals surface area contributed by atoms with E-state index in [1.54, 1.807) is 13.2 Å². The van der Waals surface area contributed by atoms with E-state index in [4.69, 9.17) is 21.1 Å². The molecule has 1 N–H and O–H groups in total. The molecule has 7 heteroatoms. The number of aromatic nitrogens is 1. The SMILES string of the molecule is COCCOCc1cc2c3c(c(-c4ccccc4Cl)cc2n1C)C(=O)NC3=O. The summed E-state index contributed by atoms with van der Waals surface area (Å²) >= 11 is 6.38. The molecule has 0 atom stereocenters. The van der Waals surface area contributed by atoms with Crippen molar-refractivity contribution in [3.63, 3.8) is 0 Å². The molecule has 2 heterocycles. The summed E-state index contributed by atoms with van der Waals surface area (Å²) in [5.74, 6) is -0.796. The van der Waals surface area contributed by atoms with Gasteiger partial charge in [-0.15, -0.1) is 0 Å². The van der Waals surface area contributed by atoms with Crippen LogP contribution in [0.3, 0.4) is 0 Å². The van der Waals surface area contributed by atoms with Crippen molar-refractivity contribution >= 4 is 34.3 Å². The maximum atomic E-state index is 12.6. The Morgan fingerprint density at radius 3 is 2.54 bits per heavy atom. The number of methoxy groups -OCH3 is 1. The number of nitrogens with zero attached hydrogens (tertiary/aromatic N) is 1. The zero-order valence-corrected chi connectivity index (χ0v) is 16.3. The third-order valence-electron chi connectivity index (χ3n) is 4.98. The maximum absolute atomic E-state index is 12.6. The molecule has 0 saturated heterocycles. The summed E-state index contributed by atoms with van der Waals surface area (Å²) in [6.07, 6.45) is 0. The fraction of sp³-hybridized carbons (Fsp3) is 0.238. The molecule has 0 bridgehead atoms. The number of hydrogen-bond donors (Lipinski definition) is 1. The first-order valence-electron chi connectivity index (χ1n) is 8.85. The highest BCUT2D eigenvalue weighted by Gasteiger charge is 2.33. The van der Waals surface area contributed by atoms with Gasteiger partial charge in [0.05, 0.1) is 30.9 Å². The van der Waals surface area contributed by atoms with Gasteiger partial charge in [0.15, 0.2) is 0 Å². The topological polar surface area (TPSA) is 69.6 Å². The lowest BCUT2D eigenvalue weighted by Crippen LogP contribution is -2.20. The number of carbonyl (C=O) groups is 2. The molecule has 4 rings (SSSR count). The number of benzene rings is 2. The zero-order chi connectivity index (χ0) is 19.8. The summed E-state index contributed by atoms with van der Waals surface area (Å²) in [5, 5.41) is 3.66. The average Bonchev–Trinajstić information content (AvgIpc) is 3.15. The van der Waals surface area contributed by atoms with Crippen molar-refractivity contribution < 1.29 is 19.1 Å². The van der Waals surface area contributed by atoms with Crippen LogP contribution in [0, 0.1) is 0 Å². The smallest absolute Gasteiger partial charge is 0.259 e. The van der Waals surface area contributed by atoms with Gasteiger partial charge in [-0.3, -0.25) is 14.9 Å². The second kappa shape index (κ2) is 7.39. The van der Waals surface area contributed by atoms with E-state index in [1.165, 1.54) is 0 Å². The van der Waals surface area contributed by atoms with E-state index in [0.29, 0.717) is 47.1 Å². The first-order valence-corrected chi connectivity index (χ1v) is 9.23. The first kappa shape index (κ1) is 18.7. The highest BCUT2D eigenvalue weighted by atomic mass is 35.5. The van der Waals surface area contributed by atoms with Crippen LogP contribution in [0.15, 0.2) is 36.4 Å². The Bertz CT molecular complexity index is 1100. The van der Waals surface area contributed by atoms with Crippen LogP contribution in [-0.2, 0) is 23.1 Å². The van der Waals surface area contributed by atoms with Crippen LogP contribution in [0.25, 0.3) is 22.0 Å². The molecule has 0 spiro atoms. The Labute approximate surface area is 167 Å². The largest absolute Gasteiger partial charge is 0.382 e. The lowest BCUT2D eigenvalue weighted by atomic mass is 9.94. The van der Waals surface area contributed by atoms with Crippen molar-refractivity contribution in [2.75, 3.05) is 20.3 Å². The van der Waals surface area contributed by atoms with Crippen LogP contribution < -0.4 is 5.32 Å². The highest BCUT2D eigenvalue weighted by molar-refractivity contribution is 6.35. The van der Waals surface area contributed by atoms with E-state index in [0.717, 1.165) is 16.6 Å². The van der Waals surface area contributed by atoms with Crippen LogP contribution in [0.2, 0.25) is 5.02 Å². The van der Waals surface area contributed by atoms with E-state index in [2.05, 4.69) is 5.32 Å². The van der Waals surface area contributed by atoms with E-state index in [-0.39, 0.29) is 0 Å². The van der Waals surface area contributed by atoms with Gasteiger partial charge in [0.25, 0.3) is 11.8 Å². The third-order valence-corrected chi connectivity index (χ3v) is 5.31. The molecule has 0 aliphatic carbocycles. The van der Waals surface area contributed by atoms with Crippen molar-refractivity contribution in [1.82, 2.24) is 9.88 Å². The van der Waals surface area contributed by atoms with Crippen LogP contribution >= 0.6 is 11.6 Å². The third kappa shape index (κ3) is 2.99. The van der Waals surface area contributed by atoms with Crippen LogP contribution in [0.5, 0.6) is 0 Å². The Kier molecular flexibility index (Phi) is 4.93. The molecule has 2 amide bonds. The molecule has 1 aliphatic heterocycles. The van der Waals surface area contributed by atoms with Gasteiger partial charge in [-0.25, -0.2) is 0 Å². The number of halogens is 1. The number of carbonyl (C=O) groups excluding carboxylic acids is 2. The summed E-state index contributed by atoms with van der Waals surface area (Å²) in [7, 11) is 3.53. The standard InChI is InChI=1S/C21H19ClN2O4/c1-24-12(11-28-8-7-27-2)9-15-17(24)10-14(13-5-3-4-6-16(13)22)18-19(15)21(26)23-20(18)25/h3-6,9-10H,7-8,11H2,1-2H3,(H,23,25,26). The lowest BCUT2D eigenvalue weighted by Gasteiger charge is -2.11. The minimum absolute atomic E-state index is 0.364. The molecule has 0 saturated carbocycles. The monoisotopic (exact) mass is 398 g/mol. The number of hydrogen-bond acceptors (Lipinski definition) is 4. The van der Waals surface area contributed by atoms with E-state index in [9.17, 15) is 9.59 Å². The number of fused-ring (bicyclic) bond motifs is 3. The Morgan fingerprint density at radius 1 is 1.04 bits per heavy atom. The van der Waals surface area contributed by atoms with Gasteiger partial charge in [-0.1, -0.05) is 29.8 Å². The molecule has 6 nitrogen and oxygen atoms in total. The fourth-order valence-corrected chi connectivity index (χ4v) is 3.81. The van der Waals surface area contributed by atoms with Gasteiger partial charge in [0.1, 0.15) is 0 Å². The maximum Gasteiger partial charge on any atom is 0.259 e. The highest BCUT2D eigenvalue weighted by Crippen LogP contribution is 2.39. The first-order chi connectivity index (χ1) is 13.5. The van der Waals surface area contributed by atoms with Gasteiger partial charge in [-0.2, -0.15) is 0 Å². The normalized spacial score (nSPS) is 13.2. The molecule has 0 radical (unpaired) electrons. The van der Waals surface area contributed by atoms with Crippen molar-refractivity contribution in [2.24, 2.45) is 7.05 Å². The van der Waals surface area contributed by atoms with Crippen molar-refractivity contribution in [2.45, 2.75) is 6.61 Å². The van der Waals surface area contributed by atoms with E-state index in [1.807, 2.05) is 41.9 Å². The number of ether oxygens (including phenoxy) is 2. The number of nitrogens with one attached hydrogen (secondary N) is 1. The molecule has 1 aromatic heterocycles.